The number of benzene rings is 1. The summed E-state index contributed by atoms with van der Waals surface area (Å²) in [7, 11) is -4.08. The van der Waals surface area contributed by atoms with Gasteiger partial charge in [-0.15, -0.1) is 4.91 Å². The smallest absolute Gasteiger partial charge is 0.244 e. The van der Waals surface area contributed by atoms with Crippen LogP contribution >= 0.6 is 0 Å². The van der Waals surface area contributed by atoms with Gasteiger partial charge < -0.3 is 0 Å². The first-order valence-corrected chi connectivity index (χ1v) is 5.37. The van der Waals surface area contributed by atoms with Gasteiger partial charge >= 0.3 is 10.0 Å². The molecular weight excluding hydrogens is 218 g/mol. The average molecular weight is 223 g/mol. The maximum Gasteiger partial charge on any atom is 0.316 e. The van der Waals surface area contributed by atoms with E-state index in [1.54, 1.807) is 0 Å². The molecule has 2 aromatic rings. The molecule has 0 fully saturated rings. The van der Waals surface area contributed by atoms with Crippen LogP contribution in [0.15, 0.2) is 40.2 Å². The number of nitroso groups, excluding NO2 is 1. The van der Waals surface area contributed by atoms with Gasteiger partial charge in [-0.25, -0.2) is 9.97 Å². The molecule has 0 aliphatic heterocycles. The molecule has 0 saturated carbocycles. The van der Waals surface area contributed by atoms with Crippen LogP contribution in [0.3, 0.4) is 0 Å². The van der Waals surface area contributed by atoms with E-state index in [0.717, 1.165) is 0 Å². The summed E-state index contributed by atoms with van der Waals surface area (Å²) < 4.78 is 24.3. The molecule has 6 nitrogen and oxygen atoms in total. The largest absolute Gasteiger partial charge is 0.316 e. The first-order valence-electron chi connectivity index (χ1n) is 3.93. The van der Waals surface area contributed by atoms with Crippen LogP contribution < -0.4 is 0 Å². The molecule has 0 unspecified atom stereocenters. The molecule has 0 amide bonds. The first-order chi connectivity index (χ1) is 7.13. The van der Waals surface area contributed by atoms with Gasteiger partial charge in [0.15, 0.2) is 0 Å². The Kier molecular flexibility index (Phi) is 2.16. The van der Waals surface area contributed by atoms with E-state index in [-0.39, 0.29) is 4.90 Å². The van der Waals surface area contributed by atoms with Crippen molar-refractivity contribution >= 4 is 20.9 Å². The molecule has 0 spiro atoms. The number of aromatic nitrogens is 2. The van der Waals surface area contributed by atoms with Crippen molar-refractivity contribution in [1.82, 2.24) is 9.97 Å². The first kappa shape index (κ1) is 9.66. The highest BCUT2D eigenvalue weighted by Gasteiger charge is 2.14. The fourth-order valence-corrected chi connectivity index (χ4v) is 1.77. The maximum absolute atomic E-state index is 11.1. The number of hydrogen-bond donors (Lipinski definition) is 0. The molecule has 1 aromatic heterocycles. The van der Waals surface area contributed by atoms with Crippen molar-refractivity contribution in [2.45, 2.75) is 4.90 Å². The lowest BCUT2D eigenvalue weighted by atomic mass is 10.2. The van der Waals surface area contributed by atoms with E-state index in [1.165, 1.54) is 30.7 Å². The van der Waals surface area contributed by atoms with E-state index in [9.17, 15) is 13.3 Å². The van der Waals surface area contributed by atoms with Crippen LogP contribution in [0, 0.1) is 4.91 Å². The normalized spacial score (nSPS) is 11.5. The third-order valence-corrected chi connectivity index (χ3v) is 2.92. The fraction of sp³-hybridized carbons (Fsp3) is 0. The Hall–Kier alpha value is -1.89. The second-order valence-corrected chi connectivity index (χ2v) is 4.36. The Morgan fingerprint density at radius 2 is 2.07 bits per heavy atom. The predicted molar refractivity (Wildman–Crippen MR) is 52.5 cm³/mol. The average Bonchev–Trinajstić information content (AvgIpc) is 2.28. The second-order valence-electron chi connectivity index (χ2n) is 2.79. The lowest BCUT2D eigenvalue weighted by molar-refractivity contribution is 0.597. The third kappa shape index (κ3) is 1.68. The molecule has 0 bridgehead atoms. The highest BCUT2D eigenvalue weighted by atomic mass is 32.2. The summed E-state index contributed by atoms with van der Waals surface area (Å²) in [6.45, 7) is 0. The number of rotatable bonds is 2. The minimum Gasteiger partial charge on any atom is -0.244 e. The molecular formula is C8H5N3O3S. The van der Waals surface area contributed by atoms with Crippen LogP contribution in [-0.2, 0) is 10.0 Å². The summed E-state index contributed by atoms with van der Waals surface area (Å²) in [6.07, 6.45) is 2.82. The molecule has 1 heterocycles. The lowest BCUT2D eigenvalue weighted by Crippen LogP contribution is -1.95. The van der Waals surface area contributed by atoms with Gasteiger partial charge in [0.05, 0.1) is 15.0 Å². The summed E-state index contributed by atoms with van der Waals surface area (Å²) >= 11 is 0. The number of hydrogen-bond acceptors (Lipinski definition) is 5. The molecule has 0 radical (unpaired) electrons. The van der Waals surface area contributed by atoms with Gasteiger partial charge in [0.2, 0.25) is 0 Å². The minimum atomic E-state index is -4.08. The summed E-state index contributed by atoms with van der Waals surface area (Å²) in [5.41, 5.74) is 0.606. The molecule has 0 atom stereocenters. The van der Waals surface area contributed by atoms with Crippen molar-refractivity contribution in [1.29, 1.82) is 0 Å². The zero-order chi connectivity index (χ0) is 10.9. The number of nitrogens with zero attached hydrogens (tertiary/aromatic N) is 3. The van der Waals surface area contributed by atoms with Crippen molar-refractivity contribution in [3.05, 3.63) is 35.6 Å². The van der Waals surface area contributed by atoms with Crippen molar-refractivity contribution in [2.75, 3.05) is 0 Å². The highest BCUT2D eigenvalue weighted by molar-refractivity contribution is 7.90. The molecule has 0 saturated heterocycles. The van der Waals surface area contributed by atoms with Crippen LogP contribution in [-0.4, -0.2) is 18.4 Å². The van der Waals surface area contributed by atoms with Crippen molar-refractivity contribution < 1.29 is 8.42 Å². The quantitative estimate of drug-likeness (QED) is 0.711. The van der Waals surface area contributed by atoms with Gasteiger partial charge in [-0.1, -0.05) is 0 Å². The van der Waals surface area contributed by atoms with Gasteiger partial charge in [0, 0.05) is 11.6 Å². The molecule has 0 aliphatic carbocycles. The third-order valence-electron chi connectivity index (χ3n) is 1.87. The molecule has 0 N–H and O–H groups in total. The Balaban J connectivity index is 2.72. The van der Waals surface area contributed by atoms with Gasteiger partial charge in [0.1, 0.15) is 6.33 Å². The van der Waals surface area contributed by atoms with Gasteiger partial charge in [0.25, 0.3) is 0 Å². The molecule has 76 valence electrons. The maximum atomic E-state index is 11.1. The van der Waals surface area contributed by atoms with E-state index in [0.29, 0.717) is 10.9 Å². The van der Waals surface area contributed by atoms with Crippen molar-refractivity contribution in [3.63, 3.8) is 0 Å². The van der Waals surface area contributed by atoms with Crippen LogP contribution in [0.2, 0.25) is 0 Å². The van der Waals surface area contributed by atoms with Gasteiger partial charge in [-0.3, -0.25) is 0 Å². The molecule has 7 heteroatoms. The zero-order valence-electron chi connectivity index (χ0n) is 7.36. The fourth-order valence-electron chi connectivity index (χ4n) is 1.17. The summed E-state index contributed by atoms with van der Waals surface area (Å²) in [5.74, 6) is 0. The summed E-state index contributed by atoms with van der Waals surface area (Å²) in [4.78, 5) is 17.6. The predicted octanol–water partition coefficient (Wildman–Crippen LogP) is 1.08. The molecule has 0 aliphatic rings. The molecule has 15 heavy (non-hydrogen) atoms. The van der Waals surface area contributed by atoms with E-state index < -0.39 is 10.0 Å². The SMILES string of the molecule is O=NS(=O)(=O)c1ccc2ncncc2c1. The molecule has 1 aromatic carbocycles. The topological polar surface area (TPSA) is 89.4 Å². The zero-order valence-corrected chi connectivity index (χ0v) is 8.18. The van der Waals surface area contributed by atoms with Crippen LogP contribution in [0.25, 0.3) is 10.9 Å². The van der Waals surface area contributed by atoms with Crippen molar-refractivity contribution in [3.8, 4) is 0 Å². The van der Waals surface area contributed by atoms with Gasteiger partial charge in [-0.05, 0) is 18.2 Å². The Morgan fingerprint density at radius 1 is 1.27 bits per heavy atom. The summed E-state index contributed by atoms with van der Waals surface area (Å²) in [6, 6.07) is 4.09. The Labute approximate surface area is 85.0 Å². The van der Waals surface area contributed by atoms with Gasteiger partial charge in [-0.2, -0.15) is 8.42 Å². The van der Waals surface area contributed by atoms with Crippen LogP contribution in [0.5, 0.6) is 0 Å². The standard InChI is InChI=1S/C8H5N3O3S/c12-11-15(13,14)7-1-2-8-6(3-7)4-9-5-10-8/h1-5H. The van der Waals surface area contributed by atoms with Crippen molar-refractivity contribution in [2.24, 2.45) is 4.58 Å². The second kappa shape index (κ2) is 3.35. The lowest BCUT2D eigenvalue weighted by Gasteiger charge is -1.98. The summed E-state index contributed by atoms with van der Waals surface area (Å²) in [5, 5.41) is 0.544. The van der Waals surface area contributed by atoms with E-state index in [1.807, 2.05) is 0 Å². The molecule has 2 rings (SSSR count). The van der Waals surface area contributed by atoms with E-state index >= 15 is 0 Å². The highest BCUT2D eigenvalue weighted by Crippen LogP contribution is 2.17. The minimum absolute atomic E-state index is 0.153. The van der Waals surface area contributed by atoms with E-state index in [4.69, 9.17) is 0 Å². The van der Waals surface area contributed by atoms with E-state index in [2.05, 4.69) is 14.6 Å². The monoisotopic (exact) mass is 223 g/mol. The Bertz CT molecular complexity index is 624. The number of fused-ring (bicyclic) bond motifs is 1. The number of sulfonamides is 1. The van der Waals surface area contributed by atoms with Crippen LogP contribution in [0.4, 0.5) is 0 Å². The van der Waals surface area contributed by atoms with Crippen LogP contribution in [0.1, 0.15) is 0 Å². The Morgan fingerprint density at radius 3 is 2.80 bits per heavy atom.